The Balaban J connectivity index is 3.91. The van der Waals surface area contributed by atoms with Crippen molar-refractivity contribution >= 4 is 0 Å². The van der Waals surface area contributed by atoms with E-state index in [-0.39, 0.29) is 6.61 Å². The van der Waals surface area contributed by atoms with Crippen LogP contribution in [-0.4, -0.2) is 41.8 Å². The first-order chi connectivity index (χ1) is 5.93. The van der Waals surface area contributed by atoms with Crippen molar-refractivity contribution in [2.75, 3.05) is 20.2 Å². The van der Waals surface area contributed by atoms with E-state index in [1.165, 1.54) is 0 Å². The van der Waals surface area contributed by atoms with E-state index in [4.69, 9.17) is 10.8 Å². The number of hydrogen-bond donors (Lipinski definition) is 2. The minimum Gasteiger partial charge on any atom is -0.394 e. The molecule has 0 heterocycles. The molecule has 0 aromatic heterocycles. The molecular weight excluding hydrogens is 164 g/mol. The summed E-state index contributed by atoms with van der Waals surface area (Å²) in [6.07, 6.45) is 1.99. The SMILES string of the molecule is CCCN(C)C(C)CC(C)(N)CO. The highest BCUT2D eigenvalue weighted by molar-refractivity contribution is 4.82. The van der Waals surface area contributed by atoms with Crippen molar-refractivity contribution in [3.8, 4) is 0 Å². The topological polar surface area (TPSA) is 49.5 Å². The molecule has 0 aliphatic carbocycles. The molecule has 0 spiro atoms. The van der Waals surface area contributed by atoms with Gasteiger partial charge in [0.15, 0.2) is 0 Å². The van der Waals surface area contributed by atoms with Crippen molar-refractivity contribution in [3.63, 3.8) is 0 Å². The van der Waals surface area contributed by atoms with E-state index in [9.17, 15) is 0 Å². The number of nitrogens with zero attached hydrogens (tertiary/aromatic N) is 1. The molecular formula is C10H24N2O. The molecule has 3 heteroatoms. The van der Waals surface area contributed by atoms with Gasteiger partial charge in [-0.1, -0.05) is 6.92 Å². The highest BCUT2D eigenvalue weighted by atomic mass is 16.3. The van der Waals surface area contributed by atoms with Crippen LogP contribution >= 0.6 is 0 Å². The maximum Gasteiger partial charge on any atom is 0.0609 e. The summed E-state index contributed by atoms with van der Waals surface area (Å²) in [6.45, 7) is 7.34. The Hall–Kier alpha value is -0.120. The van der Waals surface area contributed by atoms with Crippen molar-refractivity contribution in [1.29, 1.82) is 0 Å². The monoisotopic (exact) mass is 188 g/mol. The van der Waals surface area contributed by atoms with Crippen LogP contribution in [0.15, 0.2) is 0 Å². The normalized spacial score (nSPS) is 18.7. The van der Waals surface area contributed by atoms with Gasteiger partial charge in [-0.25, -0.2) is 0 Å². The summed E-state index contributed by atoms with van der Waals surface area (Å²) in [6, 6.07) is 0.432. The molecule has 3 N–H and O–H groups in total. The largest absolute Gasteiger partial charge is 0.394 e. The molecule has 0 bridgehead atoms. The Morgan fingerprint density at radius 3 is 2.46 bits per heavy atom. The van der Waals surface area contributed by atoms with Crippen molar-refractivity contribution < 1.29 is 5.11 Å². The average molecular weight is 188 g/mol. The summed E-state index contributed by atoms with van der Waals surface area (Å²) in [7, 11) is 2.10. The second-order valence-electron chi connectivity index (χ2n) is 4.35. The predicted octanol–water partition coefficient (Wildman–Crippen LogP) is 0.817. The van der Waals surface area contributed by atoms with Gasteiger partial charge in [-0.15, -0.1) is 0 Å². The third-order valence-electron chi connectivity index (χ3n) is 2.45. The molecule has 0 aliphatic heterocycles. The number of rotatable bonds is 6. The minimum absolute atomic E-state index is 0.0529. The second-order valence-corrected chi connectivity index (χ2v) is 4.35. The third-order valence-corrected chi connectivity index (χ3v) is 2.45. The van der Waals surface area contributed by atoms with Gasteiger partial charge < -0.3 is 15.7 Å². The summed E-state index contributed by atoms with van der Waals surface area (Å²) in [4.78, 5) is 2.28. The van der Waals surface area contributed by atoms with Crippen molar-refractivity contribution in [2.24, 2.45) is 5.73 Å². The molecule has 0 amide bonds. The lowest BCUT2D eigenvalue weighted by Gasteiger charge is -2.31. The van der Waals surface area contributed by atoms with Crippen molar-refractivity contribution in [3.05, 3.63) is 0 Å². The van der Waals surface area contributed by atoms with Crippen LogP contribution in [0.5, 0.6) is 0 Å². The van der Waals surface area contributed by atoms with Crippen LogP contribution in [0, 0.1) is 0 Å². The van der Waals surface area contributed by atoms with E-state index in [1.807, 2.05) is 6.92 Å². The maximum absolute atomic E-state index is 9.01. The summed E-state index contributed by atoms with van der Waals surface area (Å²) in [5.74, 6) is 0. The molecule has 0 saturated heterocycles. The first-order valence-electron chi connectivity index (χ1n) is 5.03. The van der Waals surface area contributed by atoms with Crippen LogP contribution in [0.1, 0.15) is 33.6 Å². The quantitative estimate of drug-likeness (QED) is 0.649. The van der Waals surface area contributed by atoms with Gasteiger partial charge in [0, 0.05) is 11.6 Å². The van der Waals surface area contributed by atoms with E-state index in [0.717, 1.165) is 19.4 Å². The predicted molar refractivity (Wildman–Crippen MR) is 56.7 cm³/mol. The number of hydrogen-bond acceptors (Lipinski definition) is 3. The number of nitrogens with two attached hydrogens (primary N) is 1. The van der Waals surface area contributed by atoms with Gasteiger partial charge in [0.05, 0.1) is 6.61 Å². The van der Waals surface area contributed by atoms with Gasteiger partial charge in [-0.05, 0) is 40.3 Å². The van der Waals surface area contributed by atoms with Gasteiger partial charge in [0.25, 0.3) is 0 Å². The first kappa shape index (κ1) is 12.9. The Labute approximate surface area is 81.9 Å². The van der Waals surface area contributed by atoms with Crippen molar-refractivity contribution in [2.45, 2.75) is 45.2 Å². The van der Waals surface area contributed by atoms with Crippen LogP contribution in [0.2, 0.25) is 0 Å². The summed E-state index contributed by atoms with van der Waals surface area (Å²) in [5.41, 5.74) is 5.43. The molecule has 80 valence electrons. The summed E-state index contributed by atoms with van der Waals surface area (Å²) >= 11 is 0. The van der Waals surface area contributed by atoms with Crippen LogP contribution in [0.25, 0.3) is 0 Å². The van der Waals surface area contributed by atoms with Gasteiger partial charge in [-0.3, -0.25) is 0 Å². The Morgan fingerprint density at radius 1 is 1.54 bits per heavy atom. The minimum atomic E-state index is -0.443. The molecule has 0 aliphatic rings. The molecule has 0 aromatic carbocycles. The molecule has 0 fully saturated rings. The fourth-order valence-electron chi connectivity index (χ4n) is 1.47. The lowest BCUT2D eigenvalue weighted by Crippen LogP contribution is -2.46. The third kappa shape index (κ3) is 5.24. The Morgan fingerprint density at radius 2 is 2.08 bits per heavy atom. The van der Waals surface area contributed by atoms with Crippen LogP contribution < -0.4 is 5.73 Å². The van der Waals surface area contributed by atoms with E-state index in [2.05, 4.69) is 25.8 Å². The summed E-state index contributed by atoms with van der Waals surface area (Å²) < 4.78 is 0. The van der Waals surface area contributed by atoms with Crippen molar-refractivity contribution in [1.82, 2.24) is 4.90 Å². The van der Waals surface area contributed by atoms with Crippen LogP contribution in [0.3, 0.4) is 0 Å². The highest BCUT2D eigenvalue weighted by Crippen LogP contribution is 2.12. The zero-order valence-corrected chi connectivity index (χ0v) is 9.38. The lowest BCUT2D eigenvalue weighted by atomic mass is 9.95. The van der Waals surface area contributed by atoms with E-state index < -0.39 is 5.54 Å². The van der Waals surface area contributed by atoms with Gasteiger partial charge >= 0.3 is 0 Å². The molecule has 3 nitrogen and oxygen atoms in total. The second kappa shape index (κ2) is 5.58. The number of aliphatic hydroxyl groups is 1. The van der Waals surface area contributed by atoms with E-state index in [1.54, 1.807) is 0 Å². The molecule has 0 radical (unpaired) electrons. The molecule has 2 unspecified atom stereocenters. The van der Waals surface area contributed by atoms with Gasteiger partial charge in [-0.2, -0.15) is 0 Å². The summed E-state index contributed by atoms with van der Waals surface area (Å²) in [5, 5.41) is 9.01. The molecule has 2 atom stereocenters. The van der Waals surface area contributed by atoms with Crippen LogP contribution in [-0.2, 0) is 0 Å². The van der Waals surface area contributed by atoms with E-state index >= 15 is 0 Å². The van der Waals surface area contributed by atoms with Crippen LogP contribution in [0.4, 0.5) is 0 Å². The average Bonchev–Trinajstić information content (AvgIpc) is 2.04. The molecule has 0 saturated carbocycles. The smallest absolute Gasteiger partial charge is 0.0609 e. The first-order valence-corrected chi connectivity index (χ1v) is 5.03. The van der Waals surface area contributed by atoms with Gasteiger partial charge in [0.2, 0.25) is 0 Å². The molecule has 0 rings (SSSR count). The molecule has 13 heavy (non-hydrogen) atoms. The number of aliphatic hydroxyl groups excluding tert-OH is 1. The highest BCUT2D eigenvalue weighted by Gasteiger charge is 2.22. The zero-order chi connectivity index (χ0) is 10.5. The fourth-order valence-corrected chi connectivity index (χ4v) is 1.47. The molecule has 0 aromatic rings. The van der Waals surface area contributed by atoms with Gasteiger partial charge in [0.1, 0.15) is 0 Å². The standard InChI is InChI=1S/C10H24N2O/c1-5-6-12(4)9(2)7-10(3,11)8-13/h9,13H,5-8,11H2,1-4H3. The Kier molecular flexibility index (Phi) is 5.53. The van der Waals surface area contributed by atoms with E-state index in [0.29, 0.717) is 6.04 Å². The fraction of sp³-hybridized carbons (Fsp3) is 1.00. The maximum atomic E-state index is 9.01. The lowest BCUT2D eigenvalue weighted by molar-refractivity contribution is 0.153. The Bertz CT molecular complexity index is 137. The zero-order valence-electron chi connectivity index (χ0n) is 9.38.